The Morgan fingerprint density at radius 3 is 3.00 bits per heavy atom. The summed E-state index contributed by atoms with van der Waals surface area (Å²) in [6.45, 7) is 2.69. The van der Waals surface area contributed by atoms with Crippen LogP contribution >= 0.6 is 11.6 Å². The second-order valence-corrected chi connectivity index (χ2v) is 4.45. The molecule has 100 valence electrons. The maximum atomic E-state index is 11.8. The van der Waals surface area contributed by atoms with Crippen LogP contribution in [0.15, 0.2) is 30.6 Å². The predicted octanol–water partition coefficient (Wildman–Crippen LogP) is 2.28. The molecule has 0 radical (unpaired) electrons. The highest BCUT2D eigenvalue weighted by molar-refractivity contribution is 6.33. The van der Waals surface area contributed by atoms with Crippen LogP contribution in [-0.2, 0) is 11.3 Å². The summed E-state index contributed by atoms with van der Waals surface area (Å²) < 4.78 is 7.06. The van der Waals surface area contributed by atoms with E-state index in [0.29, 0.717) is 17.3 Å². The number of nitrogen functional groups attached to an aromatic ring is 1. The maximum absolute atomic E-state index is 11.8. The van der Waals surface area contributed by atoms with Crippen LogP contribution in [0.5, 0.6) is 0 Å². The molecule has 1 heterocycles. The van der Waals surface area contributed by atoms with Crippen molar-refractivity contribution < 1.29 is 9.53 Å². The summed E-state index contributed by atoms with van der Waals surface area (Å²) in [5, 5.41) is 0.331. The molecular formula is C13H14ClN3O2. The van der Waals surface area contributed by atoms with Gasteiger partial charge in [0, 0.05) is 18.1 Å². The third-order valence-corrected chi connectivity index (χ3v) is 3.03. The van der Waals surface area contributed by atoms with Crippen LogP contribution < -0.4 is 5.73 Å². The first kappa shape index (κ1) is 13.4. The van der Waals surface area contributed by atoms with E-state index in [1.54, 1.807) is 18.3 Å². The lowest BCUT2D eigenvalue weighted by Gasteiger charge is -2.08. The van der Waals surface area contributed by atoms with Gasteiger partial charge in [-0.2, -0.15) is 0 Å². The second kappa shape index (κ2) is 5.75. The normalized spacial score (nSPS) is 10.4. The van der Waals surface area contributed by atoms with Crippen molar-refractivity contribution in [2.24, 2.45) is 0 Å². The molecule has 0 fully saturated rings. The largest absolute Gasteiger partial charge is 0.460 e. The fourth-order valence-corrected chi connectivity index (χ4v) is 1.85. The third-order valence-electron chi connectivity index (χ3n) is 2.70. The standard InChI is InChI=1S/C13H14ClN3O2/c1-9-16-4-5-17(9)6-7-19-13(18)11-8-10(15)2-3-12(11)14/h2-5,8H,6-7,15H2,1H3. The fraction of sp³-hybridized carbons (Fsp3) is 0.231. The van der Waals surface area contributed by atoms with Gasteiger partial charge in [-0.05, 0) is 25.1 Å². The predicted molar refractivity (Wildman–Crippen MR) is 73.1 cm³/mol. The molecule has 0 saturated heterocycles. The van der Waals surface area contributed by atoms with Gasteiger partial charge in [0.05, 0.1) is 17.1 Å². The first-order valence-corrected chi connectivity index (χ1v) is 6.15. The van der Waals surface area contributed by atoms with Crippen molar-refractivity contribution >= 4 is 23.3 Å². The zero-order valence-electron chi connectivity index (χ0n) is 10.5. The minimum atomic E-state index is -0.477. The molecule has 0 unspecified atom stereocenters. The number of aryl methyl sites for hydroxylation is 1. The second-order valence-electron chi connectivity index (χ2n) is 4.04. The Hall–Kier alpha value is -2.01. The number of hydrogen-bond donors (Lipinski definition) is 1. The topological polar surface area (TPSA) is 70.1 Å². The molecule has 0 saturated carbocycles. The van der Waals surface area contributed by atoms with E-state index in [9.17, 15) is 4.79 Å². The Balaban J connectivity index is 1.94. The van der Waals surface area contributed by atoms with E-state index in [-0.39, 0.29) is 12.2 Å². The lowest BCUT2D eigenvalue weighted by molar-refractivity contribution is 0.0491. The lowest BCUT2D eigenvalue weighted by atomic mass is 10.2. The van der Waals surface area contributed by atoms with Gasteiger partial charge in [0.2, 0.25) is 0 Å². The maximum Gasteiger partial charge on any atom is 0.339 e. The molecule has 5 nitrogen and oxygen atoms in total. The Kier molecular flexibility index (Phi) is 4.06. The molecule has 0 amide bonds. The van der Waals surface area contributed by atoms with Crippen molar-refractivity contribution in [2.75, 3.05) is 12.3 Å². The summed E-state index contributed by atoms with van der Waals surface area (Å²) in [6.07, 6.45) is 3.53. The number of halogens is 1. The summed E-state index contributed by atoms with van der Waals surface area (Å²) in [5.41, 5.74) is 6.37. The van der Waals surface area contributed by atoms with Crippen LogP contribution in [-0.4, -0.2) is 22.1 Å². The summed E-state index contributed by atoms with van der Waals surface area (Å²) >= 11 is 5.92. The number of hydrogen-bond acceptors (Lipinski definition) is 4. The molecule has 0 aliphatic rings. The van der Waals surface area contributed by atoms with Crippen LogP contribution in [0.25, 0.3) is 0 Å². The van der Waals surface area contributed by atoms with E-state index >= 15 is 0 Å². The van der Waals surface area contributed by atoms with Crippen LogP contribution in [0.3, 0.4) is 0 Å². The van der Waals surface area contributed by atoms with E-state index < -0.39 is 5.97 Å². The summed E-state index contributed by atoms with van der Waals surface area (Å²) in [7, 11) is 0. The highest BCUT2D eigenvalue weighted by Gasteiger charge is 2.12. The number of nitrogens with zero attached hydrogens (tertiary/aromatic N) is 2. The first-order valence-electron chi connectivity index (χ1n) is 5.78. The Bertz CT molecular complexity index is 595. The highest BCUT2D eigenvalue weighted by atomic mass is 35.5. The number of esters is 1. The quantitative estimate of drug-likeness (QED) is 0.688. The molecule has 0 aliphatic carbocycles. The summed E-state index contributed by atoms with van der Waals surface area (Å²) in [6, 6.07) is 4.72. The van der Waals surface area contributed by atoms with E-state index in [4.69, 9.17) is 22.1 Å². The number of nitrogens with two attached hydrogens (primary N) is 1. The molecule has 1 aromatic carbocycles. The minimum Gasteiger partial charge on any atom is -0.460 e. The lowest BCUT2D eigenvalue weighted by Crippen LogP contribution is -2.12. The van der Waals surface area contributed by atoms with Gasteiger partial charge in [-0.25, -0.2) is 9.78 Å². The third kappa shape index (κ3) is 3.26. The number of benzene rings is 1. The number of aromatic nitrogens is 2. The van der Waals surface area contributed by atoms with E-state index in [2.05, 4.69) is 4.98 Å². The van der Waals surface area contributed by atoms with Gasteiger partial charge in [-0.15, -0.1) is 0 Å². The van der Waals surface area contributed by atoms with Gasteiger partial charge < -0.3 is 15.0 Å². The van der Waals surface area contributed by atoms with E-state index in [1.165, 1.54) is 6.07 Å². The summed E-state index contributed by atoms with van der Waals surface area (Å²) in [5.74, 6) is 0.396. The SMILES string of the molecule is Cc1nccn1CCOC(=O)c1cc(N)ccc1Cl. The number of carbonyl (C=O) groups excluding carboxylic acids is 1. The molecule has 0 atom stereocenters. The number of ether oxygens (including phenoxy) is 1. The van der Waals surface area contributed by atoms with Crippen LogP contribution in [0.1, 0.15) is 16.2 Å². The Morgan fingerprint density at radius 1 is 1.53 bits per heavy atom. The van der Waals surface area contributed by atoms with E-state index in [1.807, 2.05) is 17.7 Å². The van der Waals surface area contributed by atoms with Gasteiger partial charge in [0.1, 0.15) is 12.4 Å². The van der Waals surface area contributed by atoms with Crippen molar-refractivity contribution in [2.45, 2.75) is 13.5 Å². The van der Waals surface area contributed by atoms with Crippen molar-refractivity contribution in [3.05, 3.63) is 47.0 Å². The average Bonchev–Trinajstić information content (AvgIpc) is 2.78. The Morgan fingerprint density at radius 2 is 2.32 bits per heavy atom. The van der Waals surface area contributed by atoms with Crippen molar-refractivity contribution in [3.8, 4) is 0 Å². The molecular weight excluding hydrogens is 266 g/mol. The van der Waals surface area contributed by atoms with Crippen LogP contribution in [0, 0.1) is 6.92 Å². The van der Waals surface area contributed by atoms with Gasteiger partial charge in [0.15, 0.2) is 0 Å². The van der Waals surface area contributed by atoms with Gasteiger partial charge in [-0.3, -0.25) is 0 Å². The zero-order valence-corrected chi connectivity index (χ0v) is 11.2. The molecule has 0 bridgehead atoms. The highest BCUT2D eigenvalue weighted by Crippen LogP contribution is 2.19. The van der Waals surface area contributed by atoms with Crippen LogP contribution in [0.2, 0.25) is 5.02 Å². The van der Waals surface area contributed by atoms with Crippen molar-refractivity contribution in [1.82, 2.24) is 9.55 Å². The number of imidazole rings is 1. The molecule has 0 spiro atoms. The van der Waals surface area contributed by atoms with Gasteiger partial charge in [0.25, 0.3) is 0 Å². The minimum absolute atomic E-state index is 0.251. The Labute approximate surface area is 116 Å². The molecule has 2 aromatic rings. The molecule has 2 rings (SSSR count). The van der Waals surface area contributed by atoms with Crippen LogP contribution in [0.4, 0.5) is 5.69 Å². The number of carbonyl (C=O) groups is 1. The van der Waals surface area contributed by atoms with E-state index in [0.717, 1.165) is 5.82 Å². The number of anilines is 1. The molecule has 19 heavy (non-hydrogen) atoms. The summed E-state index contributed by atoms with van der Waals surface area (Å²) in [4.78, 5) is 15.9. The average molecular weight is 280 g/mol. The molecule has 2 N–H and O–H groups in total. The van der Waals surface area contributed by atoms with Gasteiger partial charge in [-0.1, -0.05) is 11.6 Å². The smallest absolute Gasteiger partial charge is 0.339 e. The molecule has 6 heteroatoms. The monoisotopic (exact) mass is 279 g/mol. The van der Waals surface area contributed by atoms with Crippen molar-refractivity contribution in [3.63, 3.8) is 0 Å². The number of rotatable bonds is 4. The van der Waals surface area contributed by atoms with Crippen molar-refractivity contribution in [1.29, 1.82) is 0 Å². The zero-order chi connectivity index (χ0) is 13.8. The van der Waals surface area contributed by atoms with Gasteiger partial charge >= 0.3 is 5.97 Å². The molecule has 0 aliphatic heterocycles. The molecule has 1 aromatic heterocycles. The first-order chi connectivity index (χ1) is 9.08. The fourth-order valence-electron chi connectivity index (χ4n) is 1.65.